The predicted octanol–water partition coefficient (Wildman–Crippen LogP) is 30.9. The van der Waals surface area contributed by atoms with Gasteiger partial charge in [0.2, 0.25) is 22.8 Å². The highest BCUT2D eigenvalue weighted by molar-refractivity contribution is 5.95. The molecule has 0 radical (unpaired) electrons. The van der Waals surface area contributed by atoms with Crippen molar-refractivity contribution in [3.63, 3.8) is 0 Å². The van der Waals surface area contributed by atoms with E-state index < -0.39 is 19.6 Å². The first-order valence-corrected chi connectivity index (χ1v) is 45.5. The molecule has 0 aliphatic heterocycles. The molecular formula is C123H122N4+4. The van der Waals surface area contributed by atoms with Crippen LogP contribution < -0.4 is 18.3 Å². The van der Waals surface area contributed by atoms with Gasteiger partial charge in [-0.15, -0.1) is 0 Å². The molecule has 630 valence electrons. The molecule has 0 N–H and O–H groups in total. The van der Waals surface area contributed by atoms with Crippen LogP contribution in [0.1, 0.15) is 166 Å². The van der Waals surface area contributed by atoms with Gasteiger partial charge in [0.05, 0.1) is 0 Å². The summed E-state index contributed by atoms with van der Waals surface area (Å²) in [4.78, 5) is 0. The number of aromatic nitrogens is 4. The summed E-state index contributed by atoms with van der Waals surface area (Å²) in [6, 6.07) is 113. The van der Waals surface area contributed by atoms with Crippen molar-refractivity contribution in [2.75, 3.05) is 0 Å². The lowest BCUT2D eigenvalue weighted by molar-refractivity contribution is -0.660. The Kier molecular flexibility index (Phi) is 23.1. The summed E-state index contributed by atoms with van der Waals surface area (Å²) >= 11 is 0. The first kappa shape index (κ1) is 77.3. The van der Waals surface area contributed by atoms with Crippen LogP contribution >= 0.6 is 0 Å². The van der Waals surface area contributed by atoms with E-state index in [9.17, 15) is 0 Å². The Morgan fingerprint density at radius 3 is 0.827 bits per heavy atom. The van der Waals surface area contributed by atoms with E-state index in [2.05, 4.69) is 321 Å². The molecule has 20 rings (SSSR count). The van der Waals surface area contributed by atoms with Gasteiger partial charge in [-0.05, 0) is 315 Å². The number of rotatable bonds is 13. The summed E-state index contributed by atoms with van der Waals surface area (Å²) in [5, 5.41) is 9.47. The molecule has 2 fully saturated rings. The SMILES string of the molecule is Cc1c[n+](C)c(-c2ccccc2C)cc1-c1ccc2cc(-c3ccc(C4CCCC4)cc3)ccc2c1.Cc1c[n+](C)c(-c2ccccc2C)cc1-c1ccc2cc(-c3ccc(C4CCCCC4)cc3)ccc2c1.[2H]C([2H])([2H])c1c[n+](C)c(-c2ccccc2C)cc1-c1ccc2cc(C([2H])(C)C)ccc2c1.[2H]C([2H])([2H])c1c[n+](C)c(-c2ccccc2C)cc1-c1ccc2cc(C)ccc2c1. The van der Waals surface area contributed by atoms with Crippen LogP contribution in [0.4, 0.5) is 0 Å². The van der Waals surface area contributed by atoms with Gasteiger partial charge in [-0.1, -0.05) is 282 Å². The summed E-state index contributed by atoms with van der Waals surface area (Å²) in [6.07, 6.45) is 20.3. The number of benzene rings is 14. The first-order chi connectivity index (χ1) is 64.3. The Hall–Kier alpha value is -13.3. The van der Waals surface area contributed by atoms with E-state index in [1.807, 2.05) is 116 Å². The average molecular weight is 1660 g/mol. The fourth-order valence-electron chi connectivity index (χ4n) is 19.5. The molecule has 18 aromatic rings. The molecule has 2 aliphatic rings. The van der Waals surface area contributed by atoms with Crippen molar-refractivity contribution in [2.24, 2.45) is 28.2 Å². The van der Waals surface area contributed by atoms with Gasteiger partial charge in [-0.25, -0.2) is 18.3 Å². The Bertz CT molecular complexity index is 7420. The third-order valence-corrected chi connectivity index (χ3v) is 26.9. The van der Waals surface area contributed by atoms with Gasteiger partial charge in [0.1, 0.15) is 28.2 Å². The Balaban J connectivity index is 0.000000125. The molecule has 0 saturated heterocycles. The highest BCUT2D eigenvalue weighted by Gasteiger charge is 2.25. The fraction of sp³-hybridized carbons (Fsp3) is 0.220. The summed E-state index contributed by atoms with van der Waals surface area (Å²) in [6.45, 7) is 14.3. The van der Waals surface area contributed by atoms with E-state index in [1.165, 1.54) is 185 Å². The standard InChI is InChI=1S/C36H36N.C35H34N.C27H28N.C25H24N/c1-25-9-7-8-12-34(25)36-23-35(26(2)24-37(36)3)33-20-19-31-21-30(17-18-32(31)22-33)29-15-13-28(14-16-29)27-10-5-4-6-11-27;1-24-8-4-7-11-33(24)35-22-34(25(2)23-36(35)3)32-19-18-30-20-29(16-17-31(30)21-32)28-14-12-27(13-15-28)26-9-5-6-10-26;1-18(2)21-10-11-23-15-24(13-12-22(23)14-21)26-16-27(28(5)17-20(26)4)25-9-7-6-8-19(25)3;1-17-9-10-21-14-22(12-11-20(21)13-17)24-15-25(26(4)16-19(24)3)23-8-6-5-7-18(23)2/h7-9,12-24,27H,4-6,10-11H2,1-3H3;4,7-8,11-23,26H,5-6,9-10H2,1-3H3;6-18H,1-5H3;5-16H,1-4H3/q4*+1/i;;4D3,18D;3D3. The van der Waals surface area contributed by atoms with E-state index in [-0.39, 0.29) is 0 Å². The minimum Gasteiger partial charge on any atom is -0.201 e. The lowest BCUT2D eigenvalue weighted by atomic mass is 9.83. The van der Waals surface area contributed by atoms with Gasteiger partial charge in [0.25, 0.3) is 0 Å². The second-order valence-corrected chi connectivity index (χ2v) is 36.1. The zero-order valence-corrected chi connectivity index (χ0v) is 76.1. The molecule has 2 aliphatic carbocycles. The van der Waals surface area contributed by atoms with Crippen molar-refractivity contribution in [3.05, 3.63) is 407 Å². The van der Waals surface area contributed by atoms with Gasteiger partial charge in [0.15, 0.2) is 24.8 Å². The second-order valence-electron chi connectivity index (χ2n) is 36.1. The minimum atomic E-state index is -2.23. The number of aryl methyl sites for hydroxylation is 13. The van der Waals surface area contributed by atoms with Crippen molar-refractivity contribution in [3.8, 4) is 112 Å². The summed E-state index contributed by atoms with van der Waals surface area (Å²) in [7, 11) is 8.08. The molecule has 4 aromatic heterocycles. The predicted molar refractivity (Wildman–Crippen MR) is 539 cm³/mol. The number of hydrogen-bond donors (Lipinski definition) is 0. The smallest absolute Gasteiger partial charge is 0.201 e. The van der Waals surface area contributed by atoms with Crippen LogP contribution in [0.5, 0.6) is 0 Å². The highest BCUT2D eigenvalue weighted by atomic mass is 14.9. The molecule has 127 heavy (non-hydrogen) atoms. The van der Waals surface area contributed by atoms with Crippen molar-refractivity contribution in [1.82, 2.24) is 0 Å². The molecule has 4 nitrogen and oxygen atoms in total. The first-order valence-electron chi connectivity index (χ1n) is 49.0. The number of pyridine rings is 4. The average Bonchev–Trinajstić information content (AvgIpc) is 0.841. The largest absolute Gasteiger partial charge is 0.213 e. The van der Waals surface area contributed by atoms with Gasteiger partial charge >= 0.3 is 0 Å². The van der Waals surface area contributed by atoms with E-state index >= 15 is 0 Å². The number of nitrogens with zero attached hydrogens (tertiary/aromatic N) is 4. The Morgan fingerprint density at radius 1 is 0.244 bits per heavy atom. The quantitative estimate of drug-likeness (QED) is 0.102. The number of hydrogen-bond acceptors (Lipinski definition) is 0. The minimum absolute atomic E-state index is 0.334. The maximum Gasteiger partial charge on any atom is 0.213 e. The molecule has 0 spiro atoms. The van der Waals surface area contributed by atoms with Crippen LogP contribution in [0.2, 0.25) is 0 Å². The number of fused-ring (bicyclic) bond motifs is 4. The lowest BCUT2D eigenvalue weighted by Gasteiger charge is -2.22. The third-order valence-electron chi connectivity index (χ3n) is 26.9. The van der Waals surface area contributed by atoms with E-state index in [0.717, 1.165) is 89.3 Å². The monoisotopic (exact) mass is 1660 g/mol. The highest BCUT2D eigenvalue weighted by Crippen LogP contribution is 2.41. The van der Waals surface area contributed by atoms with Gasteiger partial charge in [-0.2, -0.15) is 0 Å². The molecule has 2 saturated carbocycles. The molecule has 0 atom stereocenters. The third kappa shape index (κ3) is 19.0. The normalized spacial score (nSPS) is 14.0. The van der Waals surface area contributed by atoms with E-state index in [4.69, 9.17) is 9.60 Å². The molecular weight excluding hydrogens is 1530 g/mol. The van der Waals surface area contributed by atoms with Crippen LogP contribution in [0.25, 0.3) is 155 Å². The second kappa shape index (κ2) is 37.9. The Morgan fingerprint density at radius 2 is 0.504 bits per heavy atom. The zero-order valence-electron chi connectivity index (χ0n) is 83.1. The van der Waals surface area contributed by atoms with Crippen molar-refractivity contribution in [1.29, 1.82) is 0 Å². The molecule has 0 unspecified atom stereocenters. The maximum atomic E-state index is 8.30. The maximum absolute atomic E-state index is 8.30. The van der Waals surface area contributed by atoms with Crippen LogP contribution in [0, 0.1) is 62.2 Å². The van der Waals surface area contributed by atoms with Crippen molar-refractivity contribution < 1.29 is 27.9 Å². The summed E-state index contributed by atoms with van der Waals surface area (Å²) < 4.78 is 65.3. The molecule has 14 aromatic carbocycles. The molecule has 0 bridgehead atoms. The van der Waals surface area contributed by atoms with Gasteiger partial charge in [-0.3, -0.25) is 0 Å². The van der Waals surface area contributed by atoms with Crippen molar-refractivity contribution in [2.45, 2.75) is 152 Å². The van der Waals surface area contributed by atoms with Crippen LogP contribution in [-0.2, 0) is 28.2 Å². The molecule has 4 heterocycles. The summed E-state index contributed by atoms with van der Waals surface area (Å²) in [5.74, 6) is 0.856. The summed E-state index contributed by atoms with van der Waals surface area (Å²) in [5.41, 5.74) is 36.1. The van der Waals surface area contributed by atoms with Gasteiger partial charge < -0.3 is 0 Å². The van der Waals surface area contributed by atoms with Crippen molar-refractivity contribution >= 4 is 43.1 Å². The van der Waals surface area contributed by atoms with Crippen LogP contribution in [0.3, 0.4) is 0 Å². The van der Waals surface area contributed by atoms with E-state index in [0.29, 0.717) is 16.7 Å². The van der Waals surface area contributed by atoms with Crippen LogP contribution in [0.15, 0.2) is 340 Å². The zero-order chi connectivity index (χ0) is 94.0. The lowest BCUT2D eigenvalue weighted by Crippen LogP contribution is -2.31. The fourth-order valence-corrected chi connectivity index (χ4v) is 19.5. The molecule has 0 amide bonds. The molecule has 4 heteroatoms. The Labute approximate surface area is 764 Å². The topological polar surface area (TPSA) is 15.5 Å². The van der Waals surface area contributed by atoms with Gasteiger partial charge in [0, 0.05) is 78.4 Å². The van der Waals surface area contributed by atoms with Crippen LogP contribution in [-0.4, -0.2) is 0 Å². The van der Waals surface area contributed by atoms with E-state index in [1.54, 1.807) is 12.4 Å².